The van der Waals surface area contributed by atoms with Crippen molar-refractivity contribution in [2.45, 2.75) is 25.3 Å². The molecule has 1 amide bonds. The molecule has 0 atom stereocenters. The number of nitrogens with two attached hydrogens (primary N) is 1. The zero-order valence-electron chi connectivity index (χ0n) is 10.6. The molecule has 0 spiro atoms. The number of nitrogens with one attached hydrogen (secondary N) is 2. The zero-order valence-corrected chi connectivity index (χ0v) is 11.4. The van der Waals surface area contributed by atoms with Crippen LogP contribution in [0.15, 0.2) is 0 Å². The van der Waals surface area contributed by atoms with E-state index in [1.165, 1.54) is 0 Å². The molecule has 7 nitrogen and oxygen atoms in total. The SMILES string of the molecule is CCNS(=O)(=O)CCNC(=O)C1(N)CCOCC1. The Morgan fingerprint density at radius 3 is 2.56 bits per heavy atom. The molecule has 0 aliphatic carbocycles. The van der Waals surface area contributed by atoms with Crippen molar-refractivity contribution in [2.24, 2.45) is 5.73 Å². The third kappa shape index (κ3) is 4.52. The first-order valence-corrected chi connectivity index (χ1v) is 7.67. The first kappa shape index (κ1) is 15.4. The number of hydrogen-bond acceptors (Lipinski definition) is 5. The van der Waals surface area contributed by atoms with Gasteiger partial charge in [0.15, 0.2) is 0 Å². The van der Waals surface area contributed by atoms with Crippen LogP contribution in [0.3, 0.4) is 0 Å². The number of carbonyl (C=O) groups is 1. The summed E-state index contributed by atoms with van der Waals surface area (Å²) in [5, 5.41) is 2.57. The van der Waals surface area contributed by atoms with Gasteiger partial charge >= 0.3 is 0 Å². The van der Waals surface area contributed by atoms with E-state index in [0.29, 0.717) is 32.6 Å². The van der Waals surface area contributed by atoms with E-state index in [2.05, 4.69) is 10.0 Å². The van der Waals surface area contributed by atoms with Crippen LogP contribution in [0.2, 0.25) is 0 Å². The number of carbonyl (C=O) groups excluding carboxylic acids is 1. The van der Waals surface area contributed by atoms with Gasteiger partial charge in [0.25, 0.3) is 0 Å². The van der Waals surface area contributed by atoms with Crippen molar-refractivity contribution in [1.82, 2.24) is 10.0 Å². The number of rotatable bonds is 6. The van der Waals surface area contributed by atoms with Gasteiger partial charge in [-0.3, -0.25) is 4.79 Å². The fourth-order valence-electron chi connectivity index (χ4n) is 1.73. The van der Waals surface area contributed by atoms with E-state index in [1.54, 1.807) is 6.92 Å². The van der Waals surface area contributed by atoms with E-state index in [9.17, 15) is 13.2 Å². The van der Waals surface area contributed by atoms with Gasteiger partial charge in [0.05, 0.1) is 11.3 Å². The van der Waals surface area contributed by atoms with Crippen molar-refractivity contribution >= 4 is 15.9 Å². The Morgan fingerprint density at radius 2 is 2.00 bits per heavy atom. The lowest BCUT2D eigenvalue weighted by Crippen LogP contribution is -2.57. The highest BCUT2D eigenvalue weighted by Gasteiger charge is 2.35. The topological polar surface area (TPSA) is 111 Å². The fraction of sp³-hybridized carbons (Fsp3) is 0.900. The van der Waals surface area contributed by atoms with E-state index in [1.807, 2.05) is 0 Å². The van der Waals surface area contributed by atoms with Crippen molar-refractivity contribution in [2.75, 3.05) is 32.1 Å². The van der Waals surface area contributed by atoms with Gasteiger partial charge in [-0.2, -0.15) is 0 Å². The standard InChI is InChI=1S/C10H21N3O4S/c1-2-13-18(15,16)8-5-12-9(14)10(11)3-6-17-7-4-10/h13H,2-8,11H2,1H3,(H,12,14). The Kier molecular flexibility index (Phi) is 5.51. The van der Waals surface area contributed by atoms with Crippen molar-refractivity contribution in [3.63, 3.8) is 0 Å². The van der Waals surface area contributed by atoms with Crippen molar-refractivity contribution in [1.29, 1.82) is 0 Å². The molecule has 1 aliphatic rings. The maximum atomic E-state index is 11.9. The van der Waals surface area contributed by atoms with Crippen molar-refractivity contribution in [3.05, 3.63) is 0 Å². The molecule has 4 N–H and O–H groups in total. The lowest BCUT2D eigenvalue weighted by Gasteiger charge is -2.31. The second-order valence-electron chi connectivity index (χ2n) is 4.34. The molecule has 0 unspecified atom stereocenters. The molecule has 0 radical (unpaired) electrons. The molecule has 0 aromatic rings. The summed E-state index contributed by atoms with van der Waals surface area (Å²) in [5.41, 5.74) is 5.02. The zero-order chi connectivity index (χ0) is 13.6. The van der Waals surface area contributed by atoms with Crippen LogP contribution < -0.4 is 15.8 Å². The molecule has 0 bridgehead atoms. The highest BCUT2D eigenvalue weighted by molar-refractivity contribution is 7.89. The van der Waals surface area contributed by atoms with Crippen LogP contribution in [-0.2, 0) is 19.6 Å². The number of amides is 1. The highest BCUT2D eigenvalue weighted by atomic mass is 32.2. The minimum Gasteiger partial charge on any atom is -0.381 e. The number of hydrogen-bond donors (Lipinski definition) is 3. The van der Waals surface area contributed by atoms with Gasteiger partial charge in [0.1, 0.15) is 0 Å². The molecular formula is C10H21N3O4S. The van der Waals surface area contributed by atoms with E-state index in [4.69, 9.17) is 10.5 Å². The van der Waals surface area contributed by atoms with Crippen LogP contribution in [0.5, 0.6) is 0 Å². The summed E-state index contributed by atoms with van der Waals surface area (Å²) in [6, 6.07) is 0. The average Bonchev–Trinajstić information content (AvgIpc) is 2.29. The van der Waals surface area contributed by atoms with Crippen LogP contribution in [0, 0.1) is 0 Å². The molecule has 18 heavy (non-hydrogen) atoms. The predicted octanol–water partition coefficient (Wildman–Crippen LogP) is -1.45. The molecule has 1 heterocycles. The Labute approximate surface area is 107 Å². The van der Waals surface area contributed by atoms with E-state index < -0.39 is 15.6 Å². The van der Waals surface area contributed by atoms with E-state index >= 15 is 0 Å². The lowest BCUT2D eigenvalue weighted by molar-refractivity contribution is -0.129. The second kappa shape index (κ2) is 6.46. The maximum Gasteiger partial charge on any atom is 0.240 e. The fourth-order valence-corrected chi connectivity index (χ4v) is 2.68. The summed E-state index contributed by atoms with van der Waals surface area (Å²) in [5.74, 6) is -0.448. The van der Waals surface area contributed by atoms with Crippen molar-refractivity contribution in [3.8, 4) is 0 Å². The first-order valence-electron chi connectivity index (χ1n) is 6.02. The molecule has 1 aliphatic heterocycles. The Hall–Kier alpha value is -0.700. The van der Waals surface area contributed by atoms with Crippen molar-refractivity contribution < 1.29 is 17.9 Å². The monoisotopic (exact) mass is 279 g/mol. The molecule has 1 rings (SSSR count). The van der Waals surface area contributed by atoms with Gasteiger partial charge in [-0.05, 0) is 12.8 Å². The number of sulfonamides is 1. The molecule has 1 saturated heterocycles. The molecular weight excluding hydrogens is 258 g/mol. The first-order chi connectivity index (χ1) is 8.40. The van der Waals surface area contributed by atoms with Gasteiger partial charge in [-0.1, -0.05) is 6.92 Å². The number of ether oxygens (including phenoxy) is 1. The summed E-state index contributed by atoms with van der Waals surface area (Å²) in [4.78, 5) is 11.9. The van der Waals surface area contributed by atoms with E-state index in [-0.39, 0.29) is 18.2 Å². The van der Waals surface area contributed by atoms with Gasteiger partial charge in [0, 0.05) is 26.3 Å². The molecule has 8 heteroatoms. The molecule has 1 fully saturated rings. The third-order valence-electron chi connectivity index (χ3n) is 2.86. The molecule has 0 saturated carbocycles. The van der Waals surface area contributed by atoms with Crippen LogP contribution in [0.1, 0.15) is 19.8 Å². The molecule has 106 valence electrons. The lowest BCUT2D eigenvalue weighted by atomic mass is 9.90. The average molecular weight is 279 g/mol. The summed E-state index contributed by atoms with van der Waals surface area (Å²) in [6.07, 6.45) is 0.914. The minimum atomic E-state index is -3.31. The second-order valence-corrected chi connectivity index (χ2v) is 6.27. The Balaban J connectivity index is 2.37. The summed E-state index contributed by atoms with van der Waals surface area (Å²) < 4.78 is 30.2. The quantitative estimate of drug-likeness (QED) is 0.551. The third-order valence-corrected chi connectivity index (χ3v) is 4.33. The van der Waals surface area contributed by atoms with E-state index in [0.717, 1.165) is 0 Å². The van der Waals surface area contributed by atoms with Crippen LogP contribution in [0.4, 0.5) is 0 Å². The van der Waals surface area contributed by atoms with Gasteiger partial charge < -0.3 is 15.8 Å². The molecule has 0 aromatic heterocycles. The highest BCUT2D eigenvalue weighted by Crippen LogP contribution is 2.17. The maximum absolute atomic E-state index is 11.9. The van der Waals surface area contributed by atoms with Gasteiger partial charge in [-0.15, -0.1) is 0 Å². The minimum absolute atomic E-state index is 0.0635. The summed E-state index contributed by atoms with van der Waals surface area (Å²) >= 11 is 0. The molecule has 0 aromatic carbocycles. The van der Waals surface area contributed by atoms with Crippen LogP contribution in [-0.4, -0.2) is 51.9 Å². The largest absolute Gasteiger partial charge is 0.381 e. The van der Waals surface area contributed by atoms with Gasteiger partial charge in [0.2, 0.25) is 15.9 Å². The Bertz CT molecular complexity index is 377. The van der Waals surface area contributed by atoms with Crippen LogP contribution in [0.25, 0.3) is 0 Å². The Morgan fingerprint density at radius 1 is 1.39 bits per heavy atom. The predicted molar refractivity (Wildman–Crippen MR) is 67.4 cm³/mol. The van der Waals surface area contributed by atoms with Crippen LogP contribution >= 0.6 is 0 Å². The summed E-state index contributed by atoms with van der Waals surface area (Å²) in [7, 11) is -3.31. The smallest absolute Gasteiger partial charge is 0.240 e. The van der Waals surface area contributed by atoms with Gasteiger partial charge in [-0.25, -0.2) is 13.1 Å². The normalized spacial score (nSPS) is 19.4. The summed E-state index contributed by atoms with van der Waals surface area (Å²) in [6.45, 7) is 3.02.